The van der Waals surface area contributed by atoms with Crippen molar-refractivity contribution in [3.8, 4) is 0 Å². The van der Waals surface area contributed by atoms with E-state index in [0.29, 0.717) is 24.6 Å². The Kier molecular flexibility index (Phi) is 10.0. The van der Waals surface area contributed by atoms with Gasteiger partial charge in [0.15, 0.2) is 5.96 Å². The fraction of sp³-hybridized carbons (Fsp3) is 0.435. The monoisotopic (exact) mass is 526 g/mol. The molecule has 0 radical (unpaired) electrons. The molecule has 2 aromatic carbocycles. The van der Waals surface area contributed by atoms with Gasteiger partial charge in [0.1, 0.15) is 5.82 Å². The fourth-order valence-corrected chi connectivity index (χ4v) is 3.44. The molecule has 164 valence electrons. The Bertz CT molecular complexity index is 820. The summed E-state index contributed by atoms with van der Waals surface area (Å²) >= 11 is 0. The molecule has 1 heterocycles. The molecule has 30 heavy (non-hydrogen) atoms. The highest BCUT2D eigenvalue weighted by atomic mass is 127. The number of rotatable bonds is 6. The molecule has 0 unspecified atom stereocenters. The molecule has 5 nitrogen and oxygen atoms in total. The fourth-order valence-electron chi connectivity index (χ4n) is 3.44. The lowest BCUT2D eigenvalue weighted by atomic mass is 10.1. The standard InChI is InChI=1S/C23H31FN4O.HI/c1-17-3-4-20(13-22(17)24)15-27-23(25-2)26-14-18-5-7-19(8-6-18)16-28-11-9-21(29)10-12-28;/h3-8,13,21,29H,9-12,14-16H2,1-2H3,(H2,25,26,27);1H. The van der Waals surface area contributed by atoms with Crippen LogP contribution in [0, 0.1) is 12.7 Å². The summed E-state index contributed by atoms with van der Waals surface area (Å²) in [6.45, 7) is 5.78. The number of aryl methyl sites for hydroxylation is 1. The van der Waals surface area contributed by atoms with E-state index in [9.17, 15) is 9.50 Å². The molecule has 1 aliphatic rings. The topological polar surface area (TPSA) is 59.9 Å². The molecule has 0 bridgehead atoms. The van der Waals surface area contributed by atoms with Gasteiger partial charge >= 0.3 is 0 Å². The zero-order chi connectivity index (χ0) is 20.6. The van der Waals surface area contributed by atoms with Gasteiger partial charge in [-0.2, -0.15) is 0 Å². The van der Waals surface area contributed by atoms with E-state index in [4.69, 9.17) is 0 Å². The Morgan fingerprint density at radius 2 is 1.60 bits per heavy atom. The summed E-state index contributed by atoms with van der Waals surface area (Å²) < 4.78 is 13.7. The molecule has 1 fully saturated rings. The molecular weight excluding hydrogens is 494 g/mol. The van der Waals surface area contributed by atoms with Gasteiger partial charge in [0, 0.05) is 39.8 Å². The maximum absolute atomic E-state index is 13.7. The summed E-state index contributed by atoms with van der Waals surface area (Å²) in [5, 5.41) is 16.1. The SMILES string of the molecule is CN=C(NCc1ccc(CN2CCC(O)CC2)cc1)NCc1ccc(C)c(F)c1.I. The number of aliphatic hydroxyl groups is 1. The molecule has 0 spiro atoms. The van der Waals surface area contributed by atoms with Crippen LogP contribution in [0.5, 0.6) is 0 Å². The minimum atomic E-state index is -0.187. The highest BCUT2D eigenvalue weighted by molar-refractivity contribution is 14.0. The van der Waals surface area contributed by atoms with Crippen molar-refractivity contribution < 1.29 is 9.50 Å². The molecule has 1 aliphatic heterocycles. The smallest absolute Gasteiger partial charge is 0.191 e. The average Bonchev–Trinajstić information content (AvgIpc) is 2.73. The van der Waals surface area contributed by atoms with Crippen LogP contribution < -0.4 is 10.6 Å². The van der Waals surface area contributed by atoms with Gasteiger partial charge < -0.3 is 15.7 Å². The maximum Gasteiger partial charge on any atom is 0.191 e. The zero-order valence-corrected chi connectivity index (χ0v) is 20.0. The van der Waals surface area contributed by atoms with Gasteiger partial charge in [0.2, 0.25) is 0 Å². The minimum Gasteiger partial charge on any atom is -0.393 e. The van der Waals surface area contributed by atoms with Crippen LogP contribution in [0.1, 0.15) is 35.1 Å². The number of nitrogens with zero attached hydrogens (tertiary/aromatic N) is 2. The quantitative estimate of drug-likeness (QED) is 0.306. The average molecular weight is 526 g/mol. The van der Waals surface area contributed by atoms with Gasteiger partial charge in [0.05, 0.1) is 6.10 Å². The first-order valence-electron chi connectivity index (χ1n) is 10.2. The van der Waals surface area contributed by atoms with E-state index >= 15 is 0 Å². The van der Waals surface area contributed by atoms with Crippen molar-refractivity contribution in [2.24, 2.45) is 4.99 Å². The minimum absolute atomic E-state index is 0. The van der Waals surface area contributed by atoms with Crippen molar-refractivity contribution in [3.63, 3.8) is 0 Å². The van der Waals surface area contributed by atoms with Gasteiger partial charge in [-0.05, 0) is 48.1 Å². The molecule has 7 heteroatoms. The summed E-state index contributed by atoms with van der Waals surface area (Å²) in [5.41, 5.74) is 3.99. The molecule has 1 saturated heterocycles. The molecule has 0 atom stereocenters. The van der Waals surface area contributed by atoms with Crippen LogP contribution in [0.15, 0.2) is 47.5 Å². The third-order valence-corrected chi connectivity index (χ3v) is 5.37. The number of aliphatic imine (C=N–C) groups is 1. The third kappa shape index (κ3) is 7.52. The number of nitrogens with one attached hydrogen (secondary N) is 2. The first-order chi connectivity index (χ1) is 14.0. The van der Waals surface area contributed by atoms with Crippen LogP contribution in [-0.2, 0) is 19.6 Å². The van der Waals surface area contributed by atoms with Crippen molar-refractivity contribution in [2.45, 2.75) is 45.5 Å². The van der Waals surface area contributed by atoms with Gasteiger partial charge in [-0.15, -0.1) is 24.0 Å². The van der Waals surface area contributed by atoms with Crippen molar-refractivity contribution in [3.05, 3.63) is 70.5 Å². The summed E-state index contributed by atoms with van der Waals surface area (Å²) in [7, 11) is 1.73. The number of halogens is 2. The lowest BCUT2D eigenvalue weighted by Crippen LogP contribution is -2.36. The van der Waals surface area contributed by atoms with Crippen LogP contribution in [0.3, 0.4) is 0 Å². The van der Waals surface area contributed by atoms with E-state index in [1.807, 2.05) is 6.07 Å². The number of hydrogen-bond acceptors (Lipinski definition) is 3. The number of aliphatic hydroxyl groups excluding tert-OH is 1. The maximum atomic E-state index is 13.7. The normalized spacial score (nSPS) is 15.5. The Balaban J connectivity index is 0.00000320. The first kappa shape index (κ1) is 24.6. The molecule has 0 aliphatic carbocycles. The van der Waals surface area contributed by atoms with Crippen molar-refractivity contribution in [1.82, 2.24) is 15.5 Å². The molecule has 0 aromatic heterocycles. The zero-order valence-electron chi connectivity index (χ0n) is 17.7. The van der Waals surface area contributed by atoms with Crippen molar-refractivity contribution in [1.29, 1.82) is 0 Å². The van der Waals surface area contributed by atoms with Gasteiger partial charge in [-0.1, -0.05) is 36.4 Å². The second-order valence-electron chi connectivity index (χ2n) is 7.69. The Morgan fingerprint density at radius 3 is 2.20 bits per heavy atom. The van der Waals surface area contributed by atoms with E-state index in [1.165, 1.54) is 11.1 Å². The number of piperidine rings is 1. The van der Waals surface area contributed by atoms with Crippen molar-refractivity contribution >= 4 is 29.9 Å². The van der Waals surface area contributed by atoms with E-state index in [1.54, 1.807) is 26.1 Å². The van der Waals surface area contributed by atoms with Crippen molar-refractivity contribution in [2.75, 3.05) is 20.1 Å². The molecule has 2 aromatic rings. The highest BCUT2D eigenvalue weighted by Crippen LogP contribution is 2.14. The molecule has 0 amide bonds. The van der Waals surface area contributed by atoms with Gasteiger partial charge in [0.25, 0.3) is 0 Å². The van der Waals surface area contributed by atoms with E-state index < -0.39 is 0 Å². The lowest BCUT2D eigenvalue weighted by Gasteiger charge is -2.29. The number of likely N-dealkylation sites (tertiary alicyclic amines) is 1. The summed E-state index contributed by atoms with van der Waals surface area (Å²) in [5.74, 6) is 0.495. The molecule has 0 saturated carbocycles. The Morgan fingerprint density at radius 1 is 1.03 bits per heavy atom. The van der Waals surface area contributed by atoms with Crippen LogP contribution in [0.25, 0.3) is 0 Å². The first-order valence-corrected chi connectivity index (χ1v) is 10.2. The van der Waals surface area contributed by atoms with E-state index in [-0.39, 0.29) is 35.9 Å². The molecular formula is C23H32FIN4O. The third-order valence-electron chi connectivity index (χ3n) is 5.37. The van der Waals surface area contributed by atoms with Crippen LogP contribution in [0.4, 0.5) is 4.39 Å². The van der Waals surface area contributed by atoms with Crippen LogP contribution in [-0.4, -0.2) is 42.2 Å². The number of benzene rings is 2. The number of hydrogen-bond donors (Lipinski definition) is 3. The number of guanidine groups is 1. The second-order valence-corrected chi connectivity index (χ2v) is 7.69. The van der Waals surface area contributed by atoms with Crippen LogP contribution in [0.2, 0.25) is 0 Å². The summed E-state index contributed by atoms with van der Waals surface area (Å²) in [6.07, 6.45) is 1.60. The largest absolute Gasteiger partial charge is 0.393 e. The highest BCUT2D eigenvalue weighted by Gasteiger charge is 2.16. The van der Waals surface area contributed by atoms with Gasteiger partial charge in [-0.3, -0.25) is 9.89 Å². The second kappa shape index (κ2) is 12.2. The molecule has 3 N–H and O–H groups in total. The summed E-state index contributed by atoms with van der Waals surface area (Å²) in [6, 6.07) is 13.8. The molecule has 3 rings (SSSR count). The van der Waals surface area contributed by atoms with E-state index in [2.05, 4.69) is 44.8 Å². The summed E-state index contributed by atoms with van der Waals surface area (Å²) in [4.78, 5) is 6.62. The van der Waals surface area contributed by atoms with Gasteiger partial charge in [-0.25, -0.2) is 4.39 Å². The predicted molar refractivity (Wildman–Crippen MR) is 131 cm³/mol. The Labute approximate surface area is 195 Å². The van der Waals surface area contributed by atoms with E-state index in [0.717, 1.165) is 38.0 Å². The predicted octanol–water partition coefficient (Wildman–Crippen LogP) is 3.57. The van der Waals surface area contributed by atoms with Crippen LogP contribution >= 0.6 is 24.0 Å². The lowest BCUT2D eigenvalue weighted by molar-refractivity contribution is 0.0792. The Hall–Kier alpha value is -1.71.